The van der Waals surface area contributed by atoms with E-state index < -0.39 is 0 Å². The molecule has 1 aromatic rings. The van der Waals surface area contributed by atoms with Crippen molar-refractivity contribution in [1.82, 2.24) is 20.4 Å². The second-order valence-electron chi connectivity index (χ2n) is 4.19. The Morgan fingerprint density at radius 1 is 1.35 bits per heavy atom. The molecular formula is C10H19N5S2. The smallest absolute Gasteiger partial charge is 0.208 e. The Hall–Kier alpha value is -0.370. The Morgan fingerprint density at radius 3 is 2.76 bits per heavy atom. The molecular weight excluding hydrogens is 254 g/mol. The highest BCUT2D eigenvalue weighted by atomic mass is 32.2. The number of hydrogen-bond acceptors (Lipinski definition) is 7. The van der Waals surface area contributed by atoms with Crippen LogP contribution in [0.5, 0.6) is 0 Å². The molecule has 1 saturated heterocycles. The summed E-state index contributed by atoms with van der Waals surface area (Å²) in [5, 5.41) is 12.7. The Kier molecular flexibility index (Phi) is 5.02. The van der Waals surface area contributed by atoms with Gasteiger partial charge in [0.2, 0.25) is 5.13 Å². The summed E-state index contributed by atoms with van der Waals surface area (Å²) < 4.78 is 1.07. The predicted molar refractivity (Wildman–Crippen MR) is 74.3 cm³/mol. The number of hydrogen-bond donors (Lipinski definition) is 1. The highest BCUT2D eigenvalue weighted by Crippen LogP contribution is 2.26. The Labute approximate surface area is 111 Å². The lowest BCUT2D eigenvalue weighted by Crippen LogP contribution is -2.44. The van der Waals surface area contributed by atoms with Gasteiger partial charge in [-0.2, -0.15) is 0 Å². The van der Waals surface area contributed by atoms with Crippen molar-refractivity contribution in [3.63, 3.8) is 0 Å². The number of piperazine rings is 1. The number of nitrogens with zero attached hydrogens (tertiary/aromatic N) is 4. The Morgan fingerprint density at radius 2 is 2.12 bits per heavy atom. The minimum Gasteiger partial charge on any atom is -0.353 e. The van der Waals surface area contributed by atoms with E-state index in [1.807, 2.05) is 30.8 Å². The lowest BCUT2D eigenvalue weighted by molar-refractivity contribution is 0.255. The summed E-state index contributed by atoms with van der Waals surface area (Å²) in [4.78, 5) is 4.50. The van der Waals surface area contributed by atoms with Crippen LogP contribution in [0.15, 0.2) is 4.34 Å². The van der Waals surface area contributed by atoms with Crippen LogP contribution in [0.3, 0.4) is 0 Å². The number of nitrogens with one attached hydrogen (secondary N) is 1. The quantitative estimate of drug-likeness (QED) is 0.793. The van der Waals surface area contributed by atoms with Crippen molar-refractivity contribution >= 4 is 28.2 Å². The Bertz CT molecular complexity index is 335. The van der Waals surface area contributed by atoms with E-state index in [0.29, 0.717) is 0 Å². The zero-order valence-corrected chi connectivity index (χ0v) is 12.0. The third kappa shape index (κ3) is 4.09. The first kappa shape index (κ1) is 13.1. The van der Waals surface area contributed by atoms with Gasteiger partial charge >= 0.3 is 0 Å². The van der Waals surface area contributed by atoms with Gasteiger partial charge in [0.05, 0.1) is 0 Å². The van der Waals surface area contributed by atoms with Crippen molar-refractivity contribution in [2.75, 3.05) is 57.5 Å². The van der Waals surface area contributed by atoms with E-state index >= 15 is 0 Å². The molecule has 7 heteroatoms. The monoisotopic (exact) mass is 273 g/mol. The molecule has 1 aliphatic rings. The fourth-order valence-corrected chi connectivity index (χ4v) is 3.47. The van der Waals surface area contributed by atoms with Gasteiger partial charge in [0.1, 0.15) is 0 Å². The Balaban J connectivity index is 1.70. The zero-order valence-electron chi connectivity index (χ0n) is 10.3. The summed E-state index contributed by atoms with van der Waals surface area (Å²) in [6.07, 6.45) is 0. The van der Waals surface area contributed by atoms with Gasteiger partial charge in [-0.15, -0.1) is 10.2 Å². The molecule has 0 radical (unpaired) electrons. The SMILES string of the molecule is CN(C)c1nnc(SCCN2CCNCC2)s1. The molecule has 1 fully saturated rings. The largest absolute Gasteiger partial charge is 0.353 e. The maximum Gasteiger partial charge on any atom is 0.208 e. The first-order valence-corrected chi connectivity index (χ1v) is 7.62. The van der Waals surface area contributed by atoms with E-state index in [0.717, 1.165) is 34.9 Å². The van der Waals surface area contributed by atoms with Crippen LogP contribution >= 0.6 is 23.1 Å². The molecule has 1 N–H and O–H groups in total. The molecule has 0 amide bonds. The summed E-state index contributed by atoms with van der Waals surface area (Å²) in [7, 11) is 3.99. The first-order chi connectivity index (χ1) is 8.25. The van der Waals surface area contributed by atoms with Crippen molar-refractivity contribution in [2.45, 2.75) is 4.34 Å². The molecule has 0 saturated carbocycles. The maximum atomic E-state index is 4.18. The normalized spacial score (nSPS) is 17.3. The van der Waals surface area contributed by atoms with Crippen molar-refractivity contribution in [3.8, 4) is 0 Å². The fraction of sp³-hybridized carbons (Fsp3) is 0.800. The molecule has 0 spiro atoms. The van der Waals surface area contributed by atoms with Gasteiger partial charge in [-0.25, -0.2) is 0 Å². The number of rotatable bonds is 5. The molecule has 1 aliphatic heterocycles. The summed E-state index contributed by atoms with van der Waals surface area (Å²) in [5.41, 5.74) is 0. The minimum atomic E-state index is 0.981. The van der Waals surface area contributed by atoms with Gasteiger partial charge in [0, 0.05) is 52.6 Å². The summed E-state index contributed by atoms with van der Waals surface area (Å²) >= 11 is 3.47. The molecule has 2 heterocycles. The lowest BCUT2D eigenvalue weighted by Gasteiger charge is -2.26. The average Bonchev–Trinajstić information content (AvgIpc) is 2.79. The predicted octanol–water partition coefficient (Wildman–Crippen LogP) is 0.601. The second-order valence-corrected chi connectivity index (χ2v) is 6.48. The molecule has 0 aromatic carbocycles. The number of thioether (sulfide) groups is 1. The van der Waals surface area contributed by atoms with Crippen LogP contribution in [-0.4, -0.2) is 67.7 Å². The van der Waals surface area contributed by atoms with Crippen LogP contribution in [0.4, 0.5) is 5.13 Å². The molecule has 96 valence electrons. The average molecular weight is 273 g/mol. The van der Waals surface area contributed by atoms with Crippen LogP contribution in [0, 0.1) is 0 Å². The van der Waals surface area contributed by atoms with Gasteiger partial charge in [-0.3, -0.25) is 4.90 Å². The van der Waals surface area contributed by atoms with Crippen LogP contribution < -0.4 is 10.2 Å². The van der Waals surface area contributed by atoms with Gasteiger partial charge in [-0.05, 0) is 0 Å². The van der Waals surface area contributed by atoms with Crippen molar-refractivity contribution in [3.05, 3.63) is 0 Å². The van der Waals surface area contributed by atoms with Gasteiger partial charge < -0.3 is 10.2 Å². The molecule has 17 heavy (non-hydrogen) atoms. The maximum absolute atomic E-state index is 4.18. The van der Waals surface area contributed by atoms with Crippen LogP contribution in [0.25, 0.3) is 0 Å². The molecule has 1 aromatic heterocycles. The van der Waals surface area contributed by atoms with Gasteiger partial charge in [0.15, 0.2) is 4.34 Å². The van der Waals surface area contributed by atoms with Crippen LogP contribution in [0.1, 0.15) is 0 Å². The number of anilines is 1. The van der Waals surface area contributed by atoms with Gasteiger partial charge in [-0.1, -0.05) is 23.1 Å². The fourth-order valence-electron chi connectivity index (χ4n) is 1.64. The third-order valence-corrected chi connectivity index (χ3v) is 4.83. The van der Waals surface area contributed by atoms with Crippen LogP contribution in [0.2, 0.25) is 0 Å². The number of aromatic nitrogens is 2. The van der Waals surface area contributed by atoms with Crippen LogP contribution in [-0.2, 0) is 0 Å². The highest BCUT2D eigenvalue weighted by molar-refractivity contribution is 8.01. The third-order valence-electron chi connectivity index (χ3n) is 2.62. The molecule has 0 atom stereocenters. The van der Waals surface area contributed by atoms with Crippen molar-refractivity contribution in [2.24, 2.45) is 0 Å². The summed E-state index contributed by atoms with van der Waals surface area (Å²) in [6.45, 7) is 5.71. The highest BCUT2D eigenvalue weighted by Gasteiger charge is 2.10. The topological polar surface area (TPSA) is 44.3 Å². The molecule has 0 bridgehead atoms. The standard InChI is InChI=1S/C10H19N5S2/c1-14(2)9-12-13-10(17-9)16-8-7-15-5-3-11-4-6-15/h11H,3-8H2,1-2H3. The van der Waals surface area contributed by atoms with Gasteiger partial charge in [0.25, 0.3) is 0 Å². The molecule has 0 unspecified atom stereocenters. The molecule has 0 aliphatic carbocycles. The second kappa shape index (κ2) is 6.53. The zero-order chi connectivity index (χ0) is 12.1. The van der Waals surface area contributed by atoms with Crippen molar-refractivity contribution < 1.29 is 0 Å². The van der Waals surface area contributed by atoms with E-state index in [2.05, 4.69) is 20.4 Å². The first-order valence-electron chi connectivity index (χ1n) is 5.82. The summed E-state index contributed by atoms with van der Waals surface area (Å²) in [5.74, 6) is 1.10. The summed E-state index contributed by atoms with van der Waals surface area (Å²) in [6, 6.07) is 0. The molecule has 2 rings (SSSR count). The van der Waals surface area contributed by atoms with E-state index in [1.54, 1.807) is 11.3 Å². The molecule has 5 nitrogen and oxygen atoms in total. The van der Waals surface area contributed by atoms with E-state index in [4.69, 9.17) is 0 Å². The van der Waals surface area contributed by atoms with E-state index in [1.165, 1.54) is 13.1 Å². The van der Waals surface area contributed by atoms with E-state index in [9.17, 15) is 0 Å². The lowest BCUT2D eigenvalue weighted by atomic mass is 10.4. The minimum absolute atomic E-state index is 0.981. The van der Waals surface area contributed by atoms with E-state index in [-0.39, 0.29) is 0 Å². The van der Waals surface area contributed by atoms with Crippen molar-refractivity contribution in [1.29, 1.82) is 0 Å².